The van der Waals surface area contributed by atoms with Crippen molar-refractivity contribution in [3.8, 4) is 22.4 Å². The largest absolute Gasteiger partial charge is 0.383 e. The topological polar surface area (TPSA) is 130 Å². The smallest absolute Gasteiger partial charge is 0.270 e. The summed E-state index contributed by atoms with van der Waals surface area (Å²) in [4.78, 5) is 45.0. The summed E-state index contributed by atoms with van der Waals surface area (Å²) in [6, 6.07) is 9.13. The van der Waals surface area contributed by atoms with Gasteiger partial charge in [0.1, 0.15) is 17.2 Å². The van der Waals surface area contributed by atoms with Crippen LogP contribution in [0, 0.1) is 5.41 Å². The van der Waals surface area contributed by atoms with Crippen molar-refractivity contribution in [2.45, 2.75) is 0 Å². The molecule has 0 aliphatic carbocycles. The van der Waals surface area contributed by atoms with Gasteiger partial charge in [0.25, 0.3) is 11.8 Å². The summed E-state index contributed by atoms with van der Waals surface area (Å²) in [7, 11) is 3.39. The highest BCUT2D eigenvalue weighted by Crippen LogP contribution is 2.39. The van der Waals surface area contributed by atoms with Crippen LogP contribution in [0.25, 0.3) is 33.4 Å². The number of pyridine rings is 3. The van der Waals surface area contributed by atoms with E-state index in [0.717, 1.165) is 42.8 Å². The number of carbonyl (C=O) groups excluding carboxylic acids is 2. The van der Waals surface area contributed by atoms with E-state index in [1.807, 2.05) is 23.1 Å². The van der Waals surface area contributed by atoms with E-state index in [9.17, 15) is 9.59 Å². The molecule has 0 bridgehead atoms. The lowest BCUT2D eigenvalue weighted by Crippen LogP contribution is -2.67. The number of aromatic nitrogens is 4. The monoisotopic (exact) mass is 483 g/mol. The van der Waals surface area contributed by atoms with Crippen molar-refractivity contribution >= 4 is 28.7 Å². The minimum Gasteiger partial charge on any atom is -0.383 e. The predicted molar refractivity (Wildman–Crippen MR) is 134 cm³/mol. The number of nitrogen functional groups attached to an aromatic ring is 1. The number of likely N-dealkylation sites (tertiary alicyclic amines) is 1. The van der Waals surface area contributed by atoms with Gasteiger partial charge in [-0.25, -0.2) is 9.97 Å². The first kappa shape index (κ1) is 22.2. The first-order valence-electron chi connectivity index (χ1n) is 11.6. The van der Waals surface area contributed by atoms with E-state index in [1.165, 1.54) is 11.1 Å². The maximum absolute atomic E-state index is 13.0. The van der Waals surface area contributed by atoms with Gasteiger partial charge in [0.15, 0.2) is 0 Å². The number of H-pyrrole nitrogens is 1. The van der Waals surface area contributed by atoms with Gasteiger partial charge >= 0.3 is 0 Å². The van der Waals surface area contributed by atoms with Gasteiger partial charge in [-0.3, -0.25) is 14.6 Å². The zero-order valence-electron chi connectivity index (χ0n) is 20.0. The highest BCUT2D eigenvalue weighted by Gasteiger charge is 2.50. The minimum absolute atomic E-state index is 0.0378. The summed E-state index contributed by atoms with van der Waals surface area (Å²) < 4.78 is 5.31. The molecular weight excluding hydrogens is 458 g/mol. The third-order valence-electron chi connectivity index (χ3n) is 6.84. The Hall–Kier alpha value is -4.31. The number of fused-ring (bicyclic) bond motifs is 1. The lowest BCUT2D eigenvalue weighted by molar-refractivity contribution is -0.176. The second kappa shape index (κ2) is 8.13. The average molecular weight is 484 g/mol. The number of hydrogen-bond acceptors (Lipinski definition) is 7. The Kier molecular flexibility index (Phi) is 5.01. The number of nitrogens with two attached hydrogens (primary N) is 1. The molecule has 4 aromatic rings. The van der Waals surface area contributed by atoms with Crippen molar-refractivity contribution in [3.05, 3.63) is 60.2 Å². The van der Waals surface area contributed by atoms with Crippen molar-refractivity contribution in [2.75, 3.05) is 46.1 Å². The van der Waals surface area contributed by atoms with E-state index in [0.29, 0.717) is 34.0 Å². The van der Waals surface area contributed by atoms with Gasteiger partial charge in [-0.15, -0.1) is 0 Å². The molecule has 2 fully saturated rings. The first-order valence-corrected chi connectivity index (χ1v) is 11.6. The molecule has 2 amide bonds. The number of aromatic amines is 1. The quantitative estimate of drug-likeness (QED) is 0.456. The standard InChI is InChI=1S/C26H25N7O3/c1-32(2)24(34)15-3-4-20(29-9-15)19-7-16(10-30-22(19)27)17-5-6-28-23-18(17)8-21(31-23)25(35)33-11-26(12-33)13-36-14-26/h3-10H,11-14H2,1-2H3,(H2,27,30)(H,28,31). The van der Waals surface area contributed by atoms with Gasteiger partial charge in [-0.1, -0.05) is 0 Å². The first-order chi connectivity index (χ1) is 17.3. The molecule has 0 atom stereocenters. The van der Waals surface area contributed by atoms with Crippen LogP contribution in [0.2, 0.25) is 0 Å². The van der Waals surface area contributed by atoms with Gasteiger partial charge in [0.2, 0.25) is 0 Å². The fraction of sp³-hybridized carbons (Fsp3) is 0.269. The van der Waals surface area contributed by atoms with Crippen molar-refractivity contribution in [3.63, 3.8) is 0 Å². The number of amides is 2. The normalized spacial score (nSPS) is 16.0. The molecule has 3 N–H and O–H groups in total. The molecule has 4 aromatic heterocycles. The van der Waals surface area contributed by atoms with Crippen LogP contribution in [0.15, 0.2) is 48.9 Å². The summed E-state index contributed by atoms with van der Waals surface area (Å²) in [5, 5.41) is 0.820. The third kappa shape index (κ3) is 3.57. The van der Waals surface area contributed by atoms with Gasteiger partial charge in [-0.05, 0) is 35.9 Å². The predicted octanol–water partition coefficient (Wildman–Crippen LogP) is 2.44. The van der Waals surface area contributed by atoms with Crippen LogP contribution < -0.4 is 5.73 Å². The average Bonchev–Trinajstić information content (AvgIpc) is 3.27. The van der Waals surface area contributed by atoms with Crippen molar-refractivity contribution < 1.29 is 14.3 Å². The van der Waals surface area contributed by atoms with E-state index in [2.05, 4.69) is 19.9 Å². The highest BCUT2D eigenvalue weighted by atomic mass is 16.5. The summed E-state index contributed by atoms with van der Waals surface area (Å²) >= 11 is 0. The molecule has 0 saturated carbocycles. The number of nitrogens with zero attached hydrogens (tertiary/aromatic N) is 5. The molecule has 0 aromatic carbocycles. The molecular formula is C26H25N7O3. The Morgan fingerprint density at radius 2 is 1.86 bits per heavy atom. The van der Waals surface area contributed by atoms with Crippen LogP contribution in [-0.2, 0) is 4.74 Å². The zero-order valence-corrected chi connectivity index (χ0v) is 20.0. The summed E-state index contributed by atoms with van der Waals surface area (Å²) in [6.07, 6.45) is 4.93. The molecule has 10 nitrogen and oxygen atoms in total. The lowest BCUT2D eigenvalue weighted by Gasteiger charge is -2.54. The van der Waals surface area contributed by atoms with E-state index >= 15 is 0 Å². The van der Waals surface area contributed by atoms with Crippen LogP contribution in [-0.4, -0.2) is 81.9 Å². The molecule has 2 aliphatic heterocycles. The minimum atomic E-state index is -0.125. The lowest BCUT2D eigenvalue weighted by atomic mass is 9.78. The van der Waals surface area contributed by atoms with Crippen LogP contribution in [0.4, 0.5) is 5.82 Å². The molecule has 1 spiro atoms. The van der Waals surface area contributed by atoms with Crippen molar-refractivity contribution in [1.82, 2.24) is 29.7 Å². The van der Waals surface area contributed by atoms with Crippen LogP contribution in [0.1, 0.15) is 20.8 Å². The van der Waals surface area contributed by atoms with Gasteiger partial charge in [0.05, 0.1) is 29.9 Å². The third-order valence-corrected chi connectivity index (χ3v) is 6.84. The van der Waals surface area contributed by atoms with Crippen molar-refractivity contribution in [2.24, 2.45) is 5.41 Å². The number of rotatable bonds is 4. The maximum Gasteiger partial charge on any atom is 0.270 e. The zero-order chi connectivity index (χ0) is 25.0. The van der Waals surface area contributed by atoms with Gasteiger partial charge in [-0.2, -0.15) is 0 Å². The number of hydrogen-bond donors (Lipinski definition) is 2. The Balaban J connectivity index is 1.32. The van der Waals surface area contributed by atoms with Crippen LogP contribution in [0.3, 0.4) is 0 Å². The summed E-state index contributed by atoms with van der Waals surface area (Å²) in [6.45, 7) is 2.90. The van der Waals surface area contributed by atoms with Crippen LogP contribution in [0.5, 0.6) is 0 Å². The number of nitrogens with one attached hydrogen (secondary N) is 1. The molecule has 6 rings (SSSR count). The number of anilines is 1. The van der Waals surface area contributed by atoms with Gasteiger partial charge in [0, 0.05) is 62.3 Å². The van der Waals surface area contributed by atoms with Crippen molar-refractivity contribution in [1.29, 1.82) is 0 Å². The van der Waals surface area contributed by atoms with E-state index < -0.39 is 0 Å². The van der Waals surface area contributed by atoms with Crippen LogP contribution >= 0.6 is 0 Å². The number of ether oxygens (including phenoxy) is 1. The Morgan fingerprint density at radius 3 is 2.53 bits per heavy atom. The molecule has 36 heavy (non-hydrogen) atoms. The molecule has 10 heteroatoms. The summed E-state index contributed by atoms with van der Waals surface area (Å²) in [5.41, 5.74) is 10.9. The Morgan fingerprint density at radius 1 is 1.06 bits per heavy atom. The second-order valence-electron chi connectivity index (χ2n) is 9.75. The molecule has 2 aliphatic rings. The van der Waals surface area contributed by atoms with E-state index in [-0.39, 0.29) is 17.2 Å². The number of carbonyl (C=O) groups is 2. The maximum atomic E-state index is 13.0. The summed E-state index contributed by atoms with van der Waals surface area (Å²) in [5.74, 6) is 0.171. The Labute approximate surface area is 207 Å². The molecule has 2 saturated heterocycles. The fourth-order valence-corrected chi connectivity index (χ4v) is 4.81. The molecule has 0 radical (unpaired) electrons. The molecule has 182 valence electrons. The Bertz CT molecular complexity index is 1500. The highest BCUT2D eigenvalue weighted by molar-refractivity contribution is 6.02. The SMILES string of the molecule is CN(C)C(=O)c1ccc(-c2cc(-c3ccnc4[nH]c(C(=O)N5CC6(COC6)C5)cc34)cnc2N)nc1. The van der Waals surface area contributed by atoms with E-state index in [1.54, 1.807) is 38.6 Å². The fourth-order valence-electron chi connectivity index (χ4n) is 4.81. The van der Waals surface area contributed by atoms with Gasteiger partial charge < -0.3 is 25.3 Å². The second-order valence-corrected chi connectivity index (χ2v) is 9.75. The van der Waals surface area contributed by atoms with E-state index in [4.69, 9.17) is 10.5 Å². The molecule has 6 heterocycles. The molecule has 0 unspecified atom stereocenters.